The van der Waals surface area contributed by atoms with Crippen LogP contribution < -0.4 is 0 Å². The molecule has 0 aliphatic rings. The van der Waals surface area contributed by atoms with Gasteiger partial charge in [-0.2, -0.15) is 8.42 Å². The van der Waals surface area contributed by atoms with Gasteiger partial charge >= 0.3 is 0 Å². The van der Waals surface area contributed by atoms with Crippen molar-refractivity contribution in [3.8, 4) is 0 Å². The summed E-state index contributed by atoms with van der Waals surface area (Å²) in [6.45, 7) is 4.18. The number of halogens is 1. The summed E-state index contributed by atoms with van der Waals surface area (Å²) >= 11 is 2.16. The smallest absolute Gasteiger partial charge is 0.294 e. The van der Waals surface area contributed by atoms with E-state index in [0.29, 0.717) is 0 Å². The van der Waals surface area contributed by atoms with E-state index in [1.807, 2.05) is 22.2 Å². The van der Waals surface area contributed by atoms with Crippen LogP contribution in [0.1, 0.15) is 38.2 Å². The van der Waals surface area contributed by atoms with Gasteiger partial charge in [0.05, 0.1) is 17.3 Å². The van der Waals surface area contributed by atoms with E-state index in [-0.39, 0.29) is 16.9 Å². The highest BCUT2D eigenvalue weighted by Crippen LogP contribution is 2.28. The van der Waals surface area contributed by atoms with Crippen LogP contribution in [0.3, 0.4) is 0 Å². The minimum absolute atomic E-state index is 0.0837. The van der Waals surface area contributed by atoms with Gasteiger partial charge in [0.25, 0.3) is 10.1 Å². The van der Waals surface area contributed by atoms with Crippen LogP contribution in [0.25, 0.3) is 0 Å². The van der Waals surface area contributed by atoms with E-state index >= 15 is 0 Å². The van der Waals surface area contributed by atoms with Crippen molar-refractivity contribution in [2.45, 2.75) is 43.5 Å². The van der Waals surface area contributed by atoms with E-state index in [1.54, 1.807) is 18.5 Å². The first-order valence-corrected chi connectivity index (χ1v) is 10.1. The molecule has 0 heterocycles. The molecule has 0 fully saturated rings. The van der Waals surface area contributed by atoms with Gasteiger partial charge in [-0.1, -0.05) is 48.6 Å². The number of nitrogens with zero attached hydrogens (tertiary/aromatic N) is 2. The van der Waals surface area contributed by atoms with Crippen LogP contribution in [-0.2, 0) is 10.1 Å². The molecule has 0 aliphatic carbocycles. The van der Waals surface area contributed by atoms with Crippen LogP contribution in [0, 0.1) is 0 Å². The predicted octanol–water partition coefficient (Wildman–Crippen LogP) is 4.07. The molecule has 0 bridgehead atoms. The lowest BCUT2D eigenvalue weighted by Gasteiger charge is -2.23. The van der Waals surface area contributed by atoms with E-state index in [0.717, 1.165) is 18.4 Å². The second-order valence-electron chi connectivity index (χ2n) is 5.24. The molecule has 0 aromatic heterocycles. The summed E-state index contributed by atoms with van der Waals surface area (Å²) in [4.78, 5) is 6.47. The van der Waals surface area contributed by atoms with Gasteiger partial charge in [0, 0.05) is 19.2 Å². The molecule has 0 spiro atoms. The SMILES string of the molecule is CCC(/N=C/N(C)/C=C\I)C(CC)c1ccc(S(=O)(=O)O)cc1. The fourth-order valence-electron chi connectivity index (χ4n) is 2.43. The first-order valence-electron chi connectivity index (χ1n) is 7.43. The van der Waals surface area contributed by atoms with Gasteiger partial charge in [-0.05, 0) is 34.6 Å². The van der Waals surface area contributed by atoms with Crippen molar-refractivity contribution in [2.75, 3.05) is 7.05 Å². The molecule has 0 saturated heterocycles. The molecule has 0 radical (unpaired) electrons. The highest BCUT2D eigenvalue weighted by molar-refractivity contribution is 14.1. The van der Waals surface area contributed by atoms with Gasteiger partial charge in [0.1, 0.15) is 0 Å². The summed E-state index contributed by atoms with van der Waals surface area (Å²) in [6.07, 6.45) is 5.50. The second kappa shape index (κ2) is 9.39. The van der Waals surface area contributed by atoms with Crippen LogP contribution in [0.2, 0.25) is 0 Å². The average molecular weight is 450 g/mol. The molecule has 128 valence electrons. The minimum atomic E-state index is -4.15. The molecule has 5 nitrogen and oxygen atoms in total. The molecular formula is C16H23IN2O3S. The standard InChI is InChI=1S/C16H23IN2O3S/c1-4-15(16(5-2)18-12-19(3)11-10-17)13-6-8-14(9-7-13)23(20,21)22/h6-12,15-16H,4-5H2,1-3H3,(H,20,21,22)/b11-10-,18-12+. The van der Waals surface area contributed by atoms with Crippen molar-refractivity contribution < 1.29 is 13.0 Å². The second-order valence-corrected chi connectivity index (χ2v) is 7.38. The van der Waals surface area contributed by atoms with E-state index < -0.39 is 10.1 Å². The van der Waals surface area contributed by atoms with Crippen molar-refractivity contribution in [3.63, 3.8) is 0 Å². The van der Waals surface area contributed by atoms with E-state index in [4.69, 9.17) is 4.55 Å². The fraction of sp³-hybridized carbons (Fsp3) is 0.438. The van der Waals surface area contributed by atoms with E-state index in [1.165, 1.54) is 12.1 Å². The van der Waals surface area contributed by atoms with Crippen LogP contribution in [0.15, 0.2) is 44.4 Å². The molecule has 1 aromatic carbocycles. The van der Waals surface area contributed by atoms with Crippen molar-refractivity contribution in [1.82, 2.24) is 4.90 Å². The zero-order valence-electron chi connectivity index (χ0n) is 13.6. The van der Waals surface area contributed by atoms with Crippen molar-refractivity contribution in [2.24, 2.45) is 4.99 Å². The quantitative estimate of drug-likeness (QED) is 0.281. The van der Waals surface area contributed by atoms with Gasteiger partial charge in [0.2, 0.25) is 0 Å². The number of hydrogen-bond donors (Lipinski definition) is 1. The third kappa shape index (κ3) is 6.23. The highest BCUT2D eigenvalue weighted by atomic mass is 127. The molecule has 1 N–H and O–H groups in total. The van der Waals surface area contributed by atoms with Gasteiger partial charge in [0.15, 0.2) is 0 Å². The zero-order valence-corrected chi connectivity index (χ0v) is 16.5. The Kier molecular flexibility index (Phi) is 8.21. The topological polar surface area (TPSA) is 70.0 Å². The summed E-state index contributed by atoms with van der Waals surface area (Å²) in [5, 5.41) is 0. The van der Waals surface area contributed by atoms with Crippen molar-refractivity contribution >= 4 is 39.0 Å². The summed E-state index contributed by atoms with van der Waals surface area (Å²) in [5.41, 5.74) is 1.02. The Morgan fingerprint density at radius 2 is 1.87 bits per heavy atom. The predicted molar refractivity (Wildman–Crippen MR) is 103 cm³/mol. The molecule has 0 amide bonds. The summed E-state index contributed by atoms with van der Waals surface area (Å²) in [6, 6.07) is 6.50. The summed E-state index contributed by atoms with van der Waals surface area (Å²) in [5.74, 6) is 0.198. The Bertz CT molecular complexity index is 642. The fourth-order valence-corrected chi connectivity index (χ4v) is 3.42. The Labute approximate surface area is 152 Å². The largest absolute Gasteiger partial charge is 0.342 e. The minimum Gasteiger partial charge on any atom is -0.342 e. The normalized spacial score (nSPS) is 15.2. The Morgan fingerprint density at radius 1 is 1.26 bits per heavy atom. The average Bonchev–Trinajstić information content (AvgIpc) is 2.51. The molecule has 23 heavy (non-hydrogen) atoms. The monoisotopic (exact) mass is 450 g/mol. The number of hydrogen-bond acceptors (Lipinski definition) is 3. The zero-order chi connectivity index (χ0) is 17.5. The van der Waals surface area contributed by atoms with Crippen LogP contribution in [-0.4, -0.2) is 37.3 Å². The molecule has 7 heteroatoms. The lowest BCUT2D eigenvalue weighted by Crippen LogP contribution is -2.18. The maximum absolute atomic E-state index is 11.1. The lowest BCUT2D eigenvalue weighted by atomic mass is 9.88. The third-order valence-corrected chi connectivity index (χ3v) is 4.85. The Balaban J connectivity index is 3.00. The van der Waals surface area contributed by atoms with Crippen molar-refractivity contribution in [3.05, 3.63) is 40.1 Å². The third-order valence-electron chi connectivity index (χ3n) is 3.66. The molecular weight excluding hydrogens is 427 g/mol. The maximum Gasteiger partial charge on any atom is 0.294 e. The summed E-state index contributed by atoms with van der Waals surface area (Å²) < 4.78 is 33.2. The first kappa shape index (κ1) is 20.1. The Hall–Kier alpha value is -0.930. The van der Waals surface area contributed by atoms with Gasteiger partial charge < -0.3 is 4.90 Å². The van der Waals surface area contributed by atoms with Gasteiger partial charge in [-0.15, -0.1) is 0 Å². The number of rotatable bonds is 8. The maximum atomic E-state index is 11.1. The van der Waals surface area contributed by atoms with E-state index in [2.05, 4.69) is 41.4 Å². The molecule has 0 saturated carbocycles. The lowest BCUT2D eigenvalue weighted by molar-refractivity contribution is 0.482. The molecule has 2 atom stereocenters. The first-order chi connectivity index (χ1) is 10.8. The number of benzene rings is 1. The number of aliphatic imine (C=N–C) groups is 1. The molecule has 1 rings (SSSR count). The molecule has 0 aliphatic heterocycles. The molecule has 2 unspecified atom stereocenters. The van der Waals surface area contributed by atoms with Crippen LogP contribution >= 0.6 is 22.6 Å². The van der Waals surface area contributed by atoms with Gasteiger partial charge in [-0.3, -0.25) is 9.55 Å². The van der Waals surface area contributed by atoms with Gasteiger partial charge in [-0.25, -0.2) is 0 Å². The highest BCUT2D eigenvalue weighted by Gasteiger charge is 2.20. The van der Waals surface area contributed by atoms with Crippen LogP contribution in [0.5, 0.6) is 0 Å². The van der Waals surface area contributed by atoms with Crippen LogP contribution in [0.4, 0.5) is 0 Å². The molecule has 1 aromatic rings. The van der Waals surface area contributed by atoms with Crippen molar-refractivity contribution in [1.29, 1.82) is 0 Å². The van der Waals surface area contributed by atoms with E-state index in [9.17, 15) is 8.42 Å². The Morgan fingerprint density at radius 3 is 2.30 bits per heavy atom. The summed E-state index contributed by atoms with van der Waals surface area (Å²) in [7, 11) is -2.23.